The molecule has 1 aliphatic rings. The molecule has 2 heterocycles. The number of ether oxygens (including phenoxy) is 1. The fourth-order valence-corrected chi connectivity index (χ4v) is 4.89. The number of hydrogen-bond acceptors (Lipinski definition) is 5. The van der Waals surface area contributed by atoms with Crippen LogP contribution in [0, 0.1) is 5.92 Å². The van der Waals surface area contributed by atoms with Gasteiger partial charge in [-0.25, -0.2) is 0 Å². The second-order valence-electron chi connectivity index (χ2n) is 4.80. The number of methoxy groups -OCH3 is 1. The Kier molecular flexibility index (Phi) is 5.51. The number of nitrogens with two attached hydrogens (primary N) is 1. The lowest BCUT2D eigenvalue weighted by Crippen LogP contribution is -2.32. The van der Waals surface area contributed by atoms with Gasteiger partial charge in [-0.3, -0.25) is 11.3 Å². The molecule has 2 rings (SSSR count). The number of nitrogens with one attached hydrogen (secondary N) is 1. The highest BCUT2D eigenvalue weighted by molar-refractivity contribution is 7.98. The first-order chi connectivity index (χ1) is 8.76. The molecule has 2 unspecified atom stereocenters. The van der Waals surface area contributed by atoms with Gasteiger partial charge in [0.1, 0.15) is 0 Å². The van der Waals surface area contributed by atoms with Crippen molar-refractivity contribution in [3.8, 4) is 0 Å². The van der Waals surface area contributed by atoms with E-state index >= 15 is 0 Å². The Balaban J connectivity index is 2.09. The monoisotopic (exact) mass is 286 g/mol. The quantitative estimate of drug-likeness (QED) is 0.623. The van der Waals surface area contributed by atoms with Gasteiger partial charge in [-0.05, 0) is 36.1 Å². The van der Waals surface area contributed by atoms with E-state index < -0.39 is 0 Å². The van der Waals surface area contributed by atoms with Gasteiger partial charge in [0.2, 0.25) is 0 Å². The molecule has 3 N–H and O–H groups in total. The molecule has 1 aromatic rings. The maximum atomic E-state index is 5.75. The molecule has 1 aromatic heterocycles. The van der Waals surface area contributed by atoms with Gasteiger partial charge in [-0.15, -0.1) is 11.3 Å². The summed E-state index contributed by atoms with van der Waals surface area (Å²) in [6.07, 6.45) is 2.25. The Bertz CT molecular complexity index is 358. The fraction of sp³-hybridized carbons (Fsp3) is 0.692. The zero-order valence-electron chi connectivity index (χ0n) is 11.1. The molecular formula is C13H22N2OS2. The molecule has 102 valence electrons. The van der Waals surface area contributed by atoms with Crippen molar-refractivity contribution in [1.29, 1.82) is 0 Å². The molecule has 0 spiro atoms. The molecule has 1 aliphatic heterocycles. The van der Waals surface area contributed by atoms with Crippen LogP contribution in [0.4, 0.5) is 0 Å². The normalized spacial score (nSPS) is 18.4. The van der Waals surface area contributed by atoms with Crippen LogP contribution >= 0.6 is 23.1 Å². The zero-order valence-corrected chi connectivity index (χ0v) is 12.7. The minimum Gasteiger partial charge on any atom is -0.385 e. The Morgan fingerprint density at radius 1 is 1.56 bits per heavy atom. The summed E-state index contributed by atoms with van der Waals surface area (Å²) in [5.41, 5.74) is 4.50. The van der Waals surface area contributed by atoms with E-state index in [4.69, 9.17) is 10.6 Å². The van der Waals surface area contributed by atoms with E-state index in [2.05, 4.69) is 18.4 Å². The summed E-state index contributed by atoms with van der Waals surface area (Å²) in [4.78, 5) is 2.94. The lowest BCUT2D eigenvalue weighted by molar-refractivity contribution is 0.170. The van der Waals surface area contributed by atoms with Crippen LogP contribution in [0.2, 0.25) is 0 Å². The van der Waals surface area contributed by atoms with Gasteiger partial charge in [-0.1, -0.05) is 6.92 Å². The van der Waals surface area contributed by atoms with Gasteiger partial charge in [0.25, 0.3) is 0 Å². The number of thioether (sulfide) groups is 1. The first-order valence-electron chi connectivity index (χ1n) is 6.40. The summed E-state index contributed by atoms with van der Waals surface area (Å²) in [7, 11) is 1.75. The highest BCUT2D eigenvalue weighted by Crippen LogP contribution is 2.36. The highest BCUT2D eigenvalue weighted by atomic mass is 32.2. The topological polar surface area (TPSA) is 47.3 Å². The molecule has 3 nitrogen and oxygen atoms in total. The first-order valence-corrected chi connectivity index (χ1v) is 8.37. The average Bonchev–Trinajstić information content (AvgIpc) is 2.80. The second-order valence-corrected chi connectivity index (χ2v) is 7.08. The van der Waals surface area contributed by atoms with Gasteiger partial charge < -0.3 is 4.74 Å². The molecule has 0 radical (unpaired) electrons. The van der Waals surface area contributed by atoms with Gasteiger partial charge >= 0.3 is 0 Å². The van der Waals surface area contributed by atoms with Gasteiger partial charge in [0.05, 0.1) is 6.04 Å². The van der Waals surface area contributed by atoms with Crippen molar-refractivity contribution in [2.45, 2.75) is 31.6 Å². The van der Waals surface area contributed by atoms with Crippen molar-refractivity contribution in [1.82, 2.24) is 5.43 Å². The van der Waals surface area contributed by atoms with Crippen LogP contribution in [0.5, 0.6) is 0 Å². The minimum absolute atomic E-state index is 0.251. The van der Waals surface area contributed by atoms with E-state index in [0.717, 1.165) is 18.8 Å². The third kappa shape index (κ3) is 3.27. The van der Waals surface area contributed by atoms with Crippen LogP contribution < -0.4 is 11.3 Å². The average molecular weight is 286 g/mol. The van der Waals surface area contributed by atoms with Crippen LogP contribution in [0.15, 0.2) is 6.07 Å². The standard InChI is InChI=1S/C13H22N2OS2/c1-9(3-5-16-2)13(15-14)12-7-10-8-17-6-4-11(10)18-12/h7,9,13,15H,3-6,8,14H2,1-2H3. The Morgan fingerprint density at radius 2 is 2.39 bits per heavy atom. The van der Waals surface area contributed by atoms with E-state index in [0.29, 0.717) is 5.92 Å². The van der Waals surface area contributed by atoms with Crippen LogP contribution in [-0.4, -0.2) is 19.5 Å². The molecule has 0 aliphatic carbocycles. The third-order valence-electron chi connectivity index (χ3n) is 3.48. The molecule has 0 saturated carbocycles. The zero-order chi connectivity index (χ0) is 13.0. The van der Waals surface area contributed by atoms with Crippen molar-refractivity contribution in [2.75, 3.05) is 19.5 Å². The molecule has 2 atom stereocenters. The highest BCUT2D eigenvalue weighted by Gasteiger charge is 2.22. The summed E-state index contributed by atoms with van der Waals surface area (Å²) in [6, 6.07) is 2.60. The maximum Gasteiger partial charge on any atom is 0.0579 e. The summed E-state index contributed by atoms with van der Waals surface area (Å²) in [6.45, 7) is 3.03. The van der Waals surface area contributed by atoms with Crippen LogP contribution in [0.3, 0.4) is 0 Å². The molecule has 0 bridgehead atoms. The number of hydrogen-bond donors (Lipinski definition) is 2. The lowest BCUT2D eigenvalue weighted by atomic mass is 9.97. The predicted octanol–water partition coefficient (Wildman–Crippen LogP) is 2.71. The van der Waals surface area contributed by atoms with Crippen molar-refractivity contribution in [3.05, 3.63) is 21.4 Å². The van der Waals surface area contributed by atoms with E-state index in [1.54, 1.807) is 12.0 Å². The lowest BCUT2D eigenvalue weighted by Gasteiger charge is -2.21. The molecule has 0 aromatic carbocycles. The molecular weight excluding hydrogens is 264 g/mol. The summed E-state index contributed by atoms with van der Waals surface area (Å²) in [5, 5.41) is 0. The number of thiophene rings is 1. The fourth-order valence-electron chi connectivity index (χ4n) is 2.32. The molecule has 5 heteroatoms. The van der Waals surface area contributed by atoms with E-state index in [1.165, 1.54) is 22.6 Å². The SMILES string of the molecule is COCCC(C)C(NN)c1cc2c(s1)CCSC2. The van der Waals surface area contributed by atoms with Crippen molar-refractivity contribution >= 4 is 23.1 Å². The predicted molar refractivity (Wildman–Crippen MR) is 79.9 cm³/mol. The summed E-state index contributed by atoms with van der Waals surface area (Å²) < 4.78 is 5.16. The van der Waals surface area contributed by atoms with Crippen LogP contribution in [0.1, 0.15) is 34.7 Å². The summed E-state index contributed by atoms with van der Waals surface area (Å²) in [5.74, 6) is 8.65. The Hall–Kier alpha value is -0.0700. The summed E-state index contributed by atoms with van der Waals surface area (Å²) >= 11 is 3.96. The smallest absolute Gasteiger partial charge is 0.0579 e. The number of fused-ring (bicyclic) bond motifs is 1. The molecule has 0 amide bonds. The Morgan fingerprint density at radius 3 is 3.06 bits per heavy atom. The van der Waals surface area contributed by atoms with Gasteiger partial charge in [0.15, 0.2) is 0 Å². The third-order valence-corrected chi connectivity index (χ3v) is 5.81. The van der Waals surface area contributed by atoms with E-state index in [1.807, 2.05) is 23.1 Å². The second kappa shape index (κ2) is 6.91. The largest absolute Gasteiger partial charge is 0.385 e. The number of aryl methyl sites for hydroxylation is 1. The van der Waals surface area contributed by atoms with Crippen molar-refractivity contribution in [2.24, 2.45) is 11.8 Å². The van der Waals surface area contributed by atoms with Crippen LogP contribution in [0.25, 0.3) is 0 Å². The van der Waals surface area contributed by atoms with E-state index in [9.17, 15) is 0 Å². The van der Waals surface area contributed by atoms with Gasteiger partial charge in [0, 0.05) is 29.2 Å². The minimum atomic E-state index is 0.251. The first kappa shape index (κ1) is 14.3. The van der Waals surface area contributed by atoms with Crippen molar-refractivity contribution in [3.63, 3.8) is 0 Å². The van der Waals surface area contributed by atoms with Crippen LogP contribution in [-0.2, 0) is 16.9 Å². The Labute approximate surface area is 117 Å². The molecule has 0 fully saturated rings. The molecule has 0 saturated heterocycles. The van der Waals surface area contributed by atoms with Gasteiger partial charge in [-0.2, -0.15) is 11.8 Å². The molecule has 18 heavy (non-hydrogen) atoms. The number of rotatable bonds is 6. The maximum absolute atomic E-state index is 5.75. The van der Waals surface area contributed by atoms with Crippen molar-refractivity contribution < 1.29 is 4.74 Å². The number of hydrazine groups is 1. The van der Waals surface area contributed by atoms with E-state index in [-0.39, 0.29) is 6.04 Å².